The Morgan fingerprint density at radius 2 is 1.65 bits per heavy atom. The number of nitrogens with zero attached hydrogens (tertiary/aromatic N) is 1. The summed E-state index contributed by atoms with van der Waals surface area (Å²) in [6.07, 6.45) is 9.70. The van der Waals surface area contributed by atoms with Crippen LogP contribution < -0.4 is 16.0 Å². The first-order chi connectivity index (χ1) is 14.9. The third-order valence-electron chi connectivity index (χ3n) is 6.41. The molecular formula is C28H35N3. The molecule has 162 valence electrons. The van der Waals surface area contributed by atoms with E-state index < -0.39 is 0 Å². The van der Waals surface area contributed by atoms with Gasteiger partial charge in [-0.05, 0) is 60.6 Å². The Labute approximate surface area is 187 Å². The highest BCUT2D eigenvalue weighted by Gasteiger charge is 2.44. The first-order valence-corrected chi connectivity index (χ1v) is 11.0. The van der Waals surface area contributed by atoms with Gasteiger partial charge in [0.05, 0.1) is 0 Å². The van der Waals surface area contributed by atoms with E-state index in [2.05, 4.69) is 85.9 Å². The molecule has 1 aliphatic rings. The van der Waals surface area contributed by atoms with Gasteiger partial charge in [-0.15, -0.1) is 0 Å². The summed E-state index contributed by atoms with van der Waals surface area (Å²) in [7, 11) is 2.22. The van der Waals surface area contributed by atoms with Crippen molar-refractivity contribution in [1.29, 1.82) is 0 Å². The van der Waals surface area contributed by atoms with Crippen molar-refractivity contribution in [2.24, 2.45) is 5.73 Å². The van der Waals surface area contributed by atoms with Crippen LogP contribution in [-0.2, 0) is 0 Å². The Balaban J connectivity index is 1.64. The standard InChI is InChI=1S/C28H35N3/c1-6-8-9-26(21(3)29)20-30-22(4)23-10-12-24(13-11-23)25-14-16-27(17-15-25)31(5)28(7-2)18-19-28/h6,8-17,30H,3-4,7,18-20,29H2,1-2,5H3/b8-6-,26-9-. The van der Waals surface area contributed by atoms with Crippen LogP contribution in [0, 0.1) is 0 Å². The molecule has 0 unspecified atom stereocenters. The Kier molecular flexibility index (Phi) is 7.06. The lowest BCUT2D eigenvalue weighted by atomic mass is 10.0. The number of nitrogens with one attached hydrogen (secondary N) is 1. The number of anilines is 1. The zero-order valence-corrected chi connectivity index (χ0v) is 19.1. The maximum atomic E-state index is 5.88. The lowest BCUT2D eigenvalue weighted by Crippen LogP contribution is -2.32. The number of rotatable bonds is 10. The number of nitrogens with two attached hydrogens (primary N) is 1. The largest absolute Gasteiger partial charge is 0.399 e. The van der Waals surface area contributed by atoms with E-state index in [1.54, 1.807) is 0 Å². The third-order valence-corrected chi connectivity index (χ3v) is 6.41. The van der Waals surface area contributed by atoms with E-state index in [4.69, 9.17) is 5.73 Å². The summed E-state index contributed by atoms with van der Waals surface area (Å²) < 4.78 is 0. The molecule has 0 spiro atoms. The minimum atomic E-state index is 0.384. The van der Waals surface area contributed by atoms with Crippen molar-refractivity contribution >= 4 is 11.4 Å². The van der Waals surface area contributed by atoms with Crippen LogP contribution in [0.1, 0.15) is 38.7 Å². The lowest BCUT2D eigenvalue weighted by Gasteiger charge is -2.29. The second kappa shape index (κ2) is 9.74. The molecule has 3 N–H and O–H groups in total. The summed E-state index contributed by atoms with van der Waals surface area (Å²) in [4.78, 5) is 2.45. The van der Waals surface area contributed by atoms with Crippen LogP contribution in [-0.4, -0.2) is 19.1 Å². The van der Waals surface area contributed by atoms with Crippen molar-refractivity contribution in [3.05, 3.63) is 96.8 Å². The zero-order valence-electron chi connectivity index (χ0n) is 19.1. The quantitative estimate of drug-likeness (QED) is 0.451. The number of allylic oxidation sites excluding steroid dienone is 3. The molecule has 2 aromatic rings. The molecule has 0 amide bonds. The van der Waals surface area contributed by atoms with Gasteiger partial charge in [-0.1, -0.05) is 74.7 Å². The predicted molar refractivity (Wildman–Crippen MR) is 136 cm³/mol. The minimum Gasteiger partial charge on any atom is -0.399 e. The van der Waals surface area contributed by atoms with Gasteiger partial charge >= 0.3 is 0 Å². The van der Waals surface area contributed by atoms with E-state index in [0.717, 1.165) is 16.8 Å². The van der Waals surface area contributed by atoms with Crippen LogP contribution >= 0.6 is 0 Å². The summed E-state index contributed by atoms with van der Waals surface area (Å²) in [5.74, 6) is 0. The normalized spacial score (nSPS) is 15.0. The van der Waals surface area contributed by atoms with Gasteiger partial charge in [-0.3, -0.25) is 0 Å². The first-order valence-electron chi connectivity index (χ1n) is 11.0. The van der Waals surface area contributed by atoms with Gasteiger partial charge in [-0.25, -0.2) is 0 Å². The van der Waals surface area contributed by atoms with E-state index in [0.29, 0.717) is 17.8 Å². The molecule has 3 heteroatoms. The van der Waals surface area contributed by atoms with Crippen molar-refractivity contribution in [2.75, 3.05) is 18.5 Å². The molecule has 0 aliphatic heterocycles. The predicted octanol–water partition coefficient (Wildman–Crippen LogP) is 6.27. The second-order valence-corrected chi connectivity index (χ2v) is 8.34. The molecule has 0 atom stereocenters. The molecule has 0 aromatic heterocycles. The summed E-state index contributed by atoms with van der Waals surface area (Å²) in [6.45, 7) is 12.9. The lowest BCUT2D eigenvalue weighted by molar-refractivity contribution is 0.604. The molecule has 0 bridgehead atoms. The van der Waals surface area contributed by atoms with Gasteiger partial charge in [-0.2, -0.15) is 0 Å². The van der Waals surface area contributed by atoms with E-state index in [9.17, 15) is 0 Å². The summed E-state index contributed by atoms with van der Waals surface area (Å²) >= 11 is 0. The molecule has 0 heterocycles. The zero-order chi connectivity index (χ0) is 22.4. The molecular weight excluding hydrogens is 378 g/mol. The SMILES string of the molecule is C=C(N)/C(=C\C=C/C)CNC(=C)c1ccc(-c2ccc(N(C)C3(CC)CC3)cc2)cc1. The molecule has 1 saturated carbocycles. The fraction of sp³-hybridized carbons (Fsp3) is 0.286. The molecule has 31 heavy (non-hydrogen) atoms. The smallest absolute Gasteiger partial charge is 0.0420 e. The highest BCUT2D eigenvalue weighted by atomic mass is 15.2. The topological polar surface area (TPSA) is 41.3 Å². The highest BCUT2D eigenvalue weighted by molar-refractivity contribution is 5.70. The van der Waals surface area contributed by atoms with Gasteiger partial charge in [0.2, 0.25) is 0 Å². The van der Waals surface area contributed by atoms with Gasteiger partial charge in [0.1, 0.15) is 0 Å². The Morgan fingerprint density at radius 1 is 1.06 bits per heavy atom. The molecule has 3 nitrogen and oxygen atoms in total. The number of benzene rings is 2. The van der Waals surface area contributed by atoms with Crippen LogP contribution in [0.15, 0.2) is 91.2 Å². The molecule has 1 fully saturated rings. The number of hydrogen-bond donors (Lipinski definition) is 2. The maximum Gasteiger partial charge on any atom is 0.0420 e. The van der Waals surface area contributed by atoms with Gasteiger partial charge in [0.15, 0.2) is 0 Å². The summed E-state index contributed by atoms with van der Waals surface area (Å²) in [6, 6.07) is 17.4. The Bertz CT molecular complexity index is 974. The Morgan fingerprint density at radius 3 is 2.13 bits per heavy atom. The summed E-state index contributed by atoms with van der Waals surface area (Å²) in [5, 5.41) is 3.35. The monoisotopic (exact) mass is 413 g/mol. The van der Waals surface area contributed by atoms with Crippen molar-refractivity contribution in [1.82, 2.24) is 5.32 Å². The molecule has 1 aliphatic carbocycles. The van der Waals surface area contributed by atoms with E-state index in [1.807, 2.05) is 25.2 Å². The van der Waals surface area contributed by atoms with Gasteiger partial charge < -0.3 is 16.0 Å². The van der Waals surface area contributed by atoms with E-state index in [-0.39, 0.29) is 0 Å². The average molecular weight is 414 g/mol. The van der Waals surface area contributed by atoms with Crippen molar-refractivity contribution < 1.29 is 0 Å². The fourth-order valence-corrected chi connectivity index (χ4v) is 3.88. The summed E-state index contributed by atoms with van der Waals surface area (Å²) in [5.41, 5.74) is 13.4. The number of hydrogen-bond acceptors (Lipinski definition) is 3. The first kappa shape index (κ1) is 22.5. The van der Waals surface area contributed by atoms with Crippen molar-refractivity contribution in [3.8, 4) is 11.1 Å². The molecule has 2 aromatic carbocycles. The maximum absolute atomic E-state index is 5.88. The third kappa shape index (κ3) is 5.29. The van der Waals surface area contributed by atoms with Crippen LogP contribution in [0.3, 0.4) is 0 Å². The van der Waals surface area contributed by atoms with E-state index in [1.165, 1.54) is 36.1 Å². The highest BCUT2D eigenvalue weighted by Crippen LogP contribution is 2.45. The minimum absolute atomic E-state index is 0.384. The van der Waals surface area contributed by atoms with E-state index >= 15 is 0 Å². The van der Waals surface area contributed by atoms with Gasteiger partial charge in [0.25, 0.3) is 0 Å². The van der Waals surface area contributed by atoms with Crippen LogP contribution in [0.25, 0.3) is 16.8 Å². The Hall–Kier alpha value is -3.20. The second-order valence-electron chi connectivity index (χ2n) is 8.34. The fourth-order valence-electron chi connectivity index (χ4n) is 3.88. The molecule has 3 rings (SSSR count). The van der Waals surface area contributed by atoms with Crippen LogP contribution in [0.5, 0.6) is 0 Å². The van der Waals surface area contributed by atoms with Crippen molar-refractivity contribution in [2.45, 2.75) is 38.6 Å². The average Bonchev–Trinajstić information content (AvgIpc) is 3.60. The van der Waals surface area contributed by atoms with Crippen LogP contribution in [0.4, 0.5) is 5.69 Å². The van der Waals surface area contributed by atoms with Crippen LogP contribution in [0.2, 0.25) is 0 Å². The van der Waals surface area contributed by atoms with Crippen molar-refractivity contribution in [3.63, 3.8) is 0 Å². The molecule has 0 saturated heterocycles. The molecule has 0 radical (unpaired) electrons. The van der Waals surface area contributed by atoms with Gasteiger partial charge in [0, 0.05) is 36.2 Å².